The van der Waals surface area contributed by atoms with Crippen LogP contribution in [0.5, 0.6) is 0 Å². The van der Waals surface area contributed by atoms with E-state index >= 15 is 0 Å². The fourth-order valence-corrected chi connectivity index (χ4v) is 1.59. The molecule has 0 amide bonds. The van der Waals surface area contributed by atoms with Crippen LogP contribution in [0.3, 0.4) is 0 Å². The summed E-state index contributed by atoms with van der Waals surface area (Å²) < 4.78 is 0. The summed E-state index contributed by atoms with van der Waals surface area (Å²) in [7, 11) is 0. The van der Waals surface area contributed by atoms with Crippen molar-refractivity contribution >= 4 is 11.4 Å². The predicted octanol–water partition coefficient (Wildman–Crippen LogP) is 2.58. The third-order valence-electron chi connectivity index (χ3n) is 2.42. The van der Waals surface area contributed by atoms with Crippen LogP contribution in [0, 0.1) is 6.92 Å². The molecule has 0 radical (unpaired) electrons. The second-order valence-electron chi connectivity index (χ2n) is 3.81. The highest BCUT2D eigenvalue weighted by Crippen LogP contribution is 2.16. The maximum absolute atomic E-state index is 5.79. The lowest BCUT2D eigenvalue weighted by Crippen LogP contribution is -2.02. The van der Waals surface area contributed by atoms with Crippen LogP contribution in [0.15, 0.2) is 42.7 Å². The maximum atomic E-state index is 5.79. The zero-order valence-electron chi connectivity index (χ0n) is 9.27. The predicted molar refractivity (Wildman–Crippen MR) is 67.2 cm³/mol. The van der Waals surface area contributed by atoms with Gasteiger partial charge in [-0.25, -0.2) is 0 Å². The average Bonchev–Trinajstić information content (AvgIpc) is 2.28. The van der Waals surface area contributed by atoms with Gasteiger partial charge in [-0.2, -0.15) is 0 Å². The number of pyridine rings is 1. The summed E-state index contributed by atoms with van der Waals surface area (Å²) >= 11 is 0. The van der Waals surface area contributed by atoms with Gasteiger partial charge in [0.1, 0.15) is 0 Å². The molecule has 0 saturated heterocycles. The zero-order valence-corrected chi connectivity index (χ0v) is 9.27. The molecule has 0 bridgehead atoms. The molecule has 0 aliphatic carbocycles. The van der Waals surface area contributed by atoms with E-state index < -0.39 is 0 Å². The lowest BCUT2D eigenvalue weighted by molar-refractivity contribution is 1.14. The number of hydrogen-bond donors (Lipinski definition) is 2. The minimum absolute atomic E-state index is 0.676. The van der Waals surface area contributed by atoms with Crippen molar-refractivity contribution in [2.24, 2.45) is 0 Å². The van der Waals surface area contributed by atoms with E-state index in [2.05, 4.69) is 41.5 Å². The molecule has 0 fully saturated rings. The molecule has 1 aromatic heterocycles. The van der Waals surface area contributed by atoms with Gasteiger partial charge in [0.15, 0.2) is 0 Å². The van der Waals surface area contributed by atoms with Crippen molar-refractivity contribution in [1.29, 1.82) is 0 Å². The van der Waals surface area contributed by atoms with E-state index in [1.807, 2.05) is 6.07 Å². The normalized spacial score (nSPS) is 10.1. The van der Waals surface area contributed by atoms with Crippen LogP contribution in [-0.4, -0.2) is 4.98 Å². The molecule has 1 aromatic carbocycles. The van der Waals surface area contributed by atoms with E-state index in [1.54, 1.807) is 12.4 Å². The molecular weight excluding hydrogens is 198 g/mol. The Bertz CT molecular complexity index is 480. The molecule has 0 aliphatic rings. The Morgan fingerprint density at radius 3 is 2.94 bits per heavy atom. The molecule has 0 spiro atoms. The highest BCUT2D eigenvalue weighted by Gasteiger charge is 1.97. The van der Waals surface area contributed by atoms with Gasteiger partial charge >= 0.3 is 0 Å². The first-order valence-electron chi connectivity index (χ1n) is 5.24. The number of anilines is 2. The fraction of sp³-hybridized carbons (Fsp3) is 0.154. The van der Waals surface area contributed by atoms with E-state index in [-0.39, 0.29) is 0 Å². The molecule has 0 saturated carbocycles. The highest BCUT2D eigenvalue weighted by atomic mass is 14.9. The van der Waals surface area contributed by atoms with Gasteiger partial charge in [0.05, 0.1) is 17.6 Å². The standard InChI is InChI=1S/C13H15N3/c1-10-3-2-4-11(7-10)8-16-13-5-6-15-9-12(13)14/h2-7,9H,8,14H2,1H3,(H,15,16). The number of aryl methyl sites for hydroxylation is 1. The molecule has 0 unspecified atom stereocenters. The minimum Gasteiger partial charge on any atom is -0.396 e. The molecule has 2 rings (SSSR count). The topological polar surface area (TPSA) is 50.9 Å². The molecule has 3 heteroatoms. The Labute approximate surface area is 95.3 Å². The first kappa shape index (κ1) is 10.5. The lowest BCUT2D eigenvalue weighted by atomic mass is 10.1. The van der Waals surface area contributed by atoms with E-state index in [0.717, 1.165) is 12.2 Å². The molecule has 16 heavy (non-hydrogen) atoms. The number of rotatable bonds is 3. The van der Waals surface area contributed by atoms with E-state index in [4.69, 9.17) is 5.73 Å². The molecule has 3 nitrogen and oxygen atoms in total. The Balaban J connectivity index is 2.05. The zero-order chi connectivity index (χ0) is 11.4. The van der Waals surface area contributed by atoms with Gasteiger partial charge in [-0.1, -0.05) is 29.8 Å². The molecular formula is C13H15N3. The van der Waals surface area contributed by atoms with Crippen LogP contribution in [0.4, 0.5) is 11.4 Å². The lowest BCUT2D eigenvalue weighted by Gasteiger charge is -2.08. The van der Waals surface area contributed by atoms with Gasteiger partial charge in [0, 0.05) is 12.7 Å². The molecule has 82 valence electrons. The number of nitrogens with one attached hydrogen (secondary N) is 1. The van der Waals surface area contributed by atoms with Gasteiger partial charge in [-0.05, 0) is 18.6 Å². The molecule has 3 N–H and O–H groups in total. The SMILES string of the molecule is Cc1cccc(CNc2ccncc2N)c1. The van der Waals surface area contributed by atoms with Gasteiger partial charge in [-0.15, -0.1) is 0 Å². The van der Waals surface area contributed by atoms with Crippen molar-refractivity contribution in [1.82, 2.24) is 4.98 Å². The van der Waals surface area contributed by atoms with Crippen molar-refractivity contribution in [2.75, 3.05) is 11.1 Å². The van der Waals surface area contributed by atoms with Gasteiger partial charge in [0.2, 0.25) is 0 Å². The first-order valence-corrected chi connectivity index (χ1v) is 5.24. The fourth-order valence-electron chi connectivity index (χ4n) is 1.59. The van der Waals surface area contributed by atoms with Crippen LogP contribution in [-0.2, 0) is 6.54 Å². The largest absolute Gasteiger partial charge is 0.396 e. The van der Waals surface area contributed by atoms with Crippen LogP contribution < -0.4 is 11.1 Å². The molecule has 1 heterocycles. The second-order valence-corrected chi connectivity index (χ2v) is 3.81. The number of aromatic nitrogens is 1. The number of nitrogens with zero attached hydrogens (tertiary/aromatic N) is 1. The summed E-state index contributed by atoms with van der Waals surface area (Å²) in [5.41, 5.74) is 9.91. The van der Waals surface area contributed by atoms with Crippen molar-refractivity contribution < 1.29 is 0 Å². The number of nitrogen functional groups attached to an aromatic ring is 1. The van der Waals surface area contributed by atoms with Gasteiger partial charge in [-0.3, -0.25) is 4.98 Å². The molecule has 0 atom stereocenters. The second kappa shape index (κ2) is 4.66. The smallest absolute Gasteiger partial charge is 0.0736 e. The number of benzene rings is 1. The highest BCUT2D eigenvalue weighted by molar-refractivity contribution is 5.64. The Kier molecular flexibility index (Phi) is 3.05. The Morgan fingerprint density at radius 2 is 2.19 bits per heavy atom. The summed E-state index contributed by atoms with van der Waals surface area (Å²) in [6.07, 6.45) is 3.38. The average molecular weight is 213 g/mol. The van der Waals surface area contributed by atoms with Gasteiger partial charge < -0.3 is 11.1 Å². The number of hydrogen-bond acceptors (Lipinski definition) is 3. The Morgan fingerprint density at radius 1 is 1.31 bits per heavy atom. The summed E-state index contributed by atoms with van der Waals surface area (Å²) in [5, 5.41) is 3.29. The minimum atomic E-state index is 0.676. The van der Waals surface area contributed by atoms with Crippen LogP contribution in [0.1, 0.15) is 11.1 Å². The summed E-state index contributed by atoms with van der Waals surface area (Å²) in [6, 6.07) is 10.3. The summed E-state index contributed by atoms with van der Waals surface area (Å²) in [5.74, 6) is 0. The summed E-state index contributed by atoms with van der Waals surface area (Å²) in [4.78, 5) is 3.95. The Hall–Kier alpha value is -2.03. The summed E-state index contributed by atoms with van der Waals surface area (Å²) in [6.45, 7) is 2.86. The van der Waals surface area contributed by atoms with Crippen molar-refractivity contribution in [3.05, 3.63) is 53.9 Å². The first-order chi connectivity index (χ1) is 7.75. The van der Waals surface area contributed by atoms with Crippen LogP contribution in [0.25, 0.3) is 0 Å². The monoisotopic (exact) mass is 213 g/mol. The molecule has 0 aliphatic heterocycles. The van der Waals surface area contributed by atoms with Crippen LogP contribution >= 0.6 is 0 Å². The maximum Gasteiger partial charge on any atom is 0.0736 e. The quantitative estimate of drug-likeness (QED) is 0.824. The molecule has 2 aromatic rings. The van der Waals surface area contributed by atoms with Crippen molar-refractivity contribution in [3.8, 4) is 0 Å². The third-order valence-corrected chi connectivity index (χ3v) is 2.42. The van der Waals surface area contributed by atoms with Crippen molar-refractivity contribution in [3.63, 3.8) is 0 Å². The van der Waals surface area contributed by atoms with E-state index in [9.17, 15) is 0 Å². The number of nitrogens with two attached hydrogens (primary N) is 1. The van der Waals surface area contributed by atoms with E-state index in [1.165, 1.54) is 11.1 Å². The van der Waals surface area contributed by atoms with Gasteiger partial charge in [0.25, 0.3) is 0 Å². The van der Waals surface area contributed by atoms with Crippen molar-refractivity contribution in [2.45, 2.75) is 13.5 Å². The third kappa shape index (κ3) is 2.51. The van der Waals surface area contributed by atoms with Crippen LogP contribution in [0.2, 0.25) is 0 Å². The van der Waals surface area contributed by atoms with E-state index in [0.29, 0.717) is 5.69 Å².